The number of benzene rings is 12. The summed E-state index contributed by atoms with van der Waals surface area (Å²) in [6.45, 7) is 0. The molecule has 322 valence electrons. The van der Waals surface area contributed by atoms with Crippen LogP contribution in [-0.4, -0.2) is 0 Å². The lowest BCUT2D eigenvalue weighted by Gasteiger charge is -2.29. The molecule has 0 saturated carbocycles. The van der Waals surface area contributed by atoms with Gasteiger partial charge in [0.15, 0.2) is 0 Å². The molecule has 3 nitrogen and oxygen atoms in total. The molecule has 14 aromatic rings. The average molecular weight is 880 g/mol. The quantitative estimate of drug-likeness (QED) is 0.149. The average Bonchev–Trinajstić information content (AvgIpc) is 4.00. The standard InChI is InChI=1S/C66H41NO2/c1-2-13-43(14-3-1)53-35-32-48(52-22-11-24-56-51-19-6-4-15-44(51)29-36-57(52)56)40-61(53)67(49-33-27-42(28-34-49)46-31-37-59-58-21-8-9-25-62(58)68-64(59)41-46)50-18-10-17-47(39-50)54-23-12-26-63-65(54)60-38-30-45-16-5-7-20-55(45)66(60)69-63/h1-41H. The molecule has 69 heavy (non-hydrogen) atoms. The van der Waals surface area contributed by atoms with Crippen molar-refractivity contribution in [3.63, 3.8) is 0 Å². The summed E-state index contributed by atoms with van der Waals surface area (Å²) in [4.78, 5) is 2.43. The van der Waals surface area contributed by atoms with Crippen LogP contribution < -0.4 is 4.90 Å². The SMILES string of the molecule is c1ccc(-c2ccc(-c3cccc4c3ccc3ccccc34)cc2N(c2ccc(-c3ccc4c(c3)oc3ccccc34)cc2)c2cccc(-c3cccc4oc5c6ccccc6ccc5c34)c2)cc1. The highest BCUT2D eigenvalue weighted by Gasteiger charge is 2.22. The predicted molar refractivity (Wildman–Crippen MR) is 290 cm³/mol. The molecule has 0 spiro atoms. The third-order valence-electron chi connectivity index (χ3n) is 14.1. The maximum atomic E-state index is 6.69. The Balaban J connectivity index is 0.977. The van der Waals surface area contributed by atoms with Gasteiger partial charge in [-0.1, -0.05) is 188 Å². The van der Waals surface area contributed by atoms with Gasteiger partial charge in [-0.3, -0.25) is 0 Å². The molecule has 0 unspecified atom stereocenters. The van der Waals surface area contributed by atoms with Crippen LogP contribution in [0.15, 0.2) is 258 Å². The molecule has 2 heterocycles. The fraction of sp³-hybridized carbons (Fsp3) is 0. The molecule has 0 saturated heterocycles. The molecular formula is C66H41NO2. The van der Waals surface area contributed by atoms with E-state index in [-0.39, 0.29) is 0 Å². The van der Waals surface area contributed by atoms with Crippen molar-refractivity contribution >= 4 is 93.3 Å². The van der Waals surface area contributed by atoms with Gasteiger partial charge in [-0.15, -0.1) is 0 Å². The summed E-state index contributed by atoms with van der Waals surface area (Å²) < 4.78 is 13.0. The van der Waals surface area contributed by atoms with Crippen molar-refractivity contribution in [2.45, 2.75) is 0 Å². The minimum atomic E-state index is 0.875. The lowest BCUT2D eigenvalue weighted by Crippen LogP contribution is -2.11. The van der Waals surface area contributed by atoms with Gasteiger partial charge >= 0.3 is 0 Å². The van der Waals surface area contributed by atoms with Crippen LogP contribution in [0.5, 0.6) is 0 Å². The van der Waals surface area contributed by atoms with Gasteiger partial charge in [0.25, 0.3) is 0 Å². The maximum absolute atomic E-state index is 6.69. The predicted octanol–water partition coefficient (Wildman–Crippen LogP) is 19.1. The molecule has 2 aromatic heterocycles. The molecule has 0 aliphatic heterocycles. The number of fused-ring (bicyclic) bond motifs is 11. The fourth-order valence-electron chi connectivity index (χ4n) is 10.8. The van der Waals surface area contributed by atoms with Crippen LogP contribution in [0.2, 0.25) is 0 Å². The van der Waals surface area contributed by atoms with E-state index in [2.05, 4.69) is 241 Å². The highest BCUT2D eigenvalue weighted by atomic mass is 16.3. The van der Waals surface area contributed by atoms with Crippen molar-refractivity contribution in [3.05, 3.63) is 249 Å². The molecule has 0 aliphatic rings. The van der Waals surface area contributed by atoms with E-state index in [9.17, 15) is 0 Å². The van der Waals surface area contributed by atoms with Gasteiger partial charge in [0, 0.05) is 43.9 Å². The lowest BCUT2D eigenvalue weighted by molar-refractivity contribution is 0.669. The first-order valence-electron chi connectivity index (χ1n) is 23.6. The van der Waals surface area contributed by atoms with Crippen molar-refractivity contribution in [1.82, 2.24) is 0 Å². The Hall–Kier alpha value is -9.18. The number of hydrogen-bond donors (Lipinski definition) is 0. The second kappa shape index (κ2) is 15.7. The summed E-state index contributed by atoms with van der Waals surface area (Å²) in [6, 6.07) is 89.7. The van der Waals surface area contributed by atoms with Crippen molar-refractivity contribution in [3.8, 4) is 44.5 Å². The first-order chi connectivity index (χ1) is 34.2. The van der Waals surface area contributed by atoms with Crippen LogP contribution in [0.25, 0.3) is 121 Å². The van der Waals surface area contributed by atoms with E-state index in [1.165, 1.54) is 27.1 Å². The molecule has 0 amide bonds. The largest absolute Gasteiger partial charge is 0.456 e. The van der Waals surface area contributed by atoms with Crippen LogP contribution in [0, 0.1) is 0 Å². The van der Waals surface area contributed by atoms with E-state index in [1.54, 1.807) is 0 Å². The minimum Gasteiger partial charge on any atom is -0.456 e. The fourth-order valence-corrected chi connectivity index (χ4v) is 10.8. The molecule has 0 aliphatic carbocycles. The van der Waals surface area contributed by atoms with Crippen LogP contribution in [0.4, 0.5) is 17.1 Å². The lowest BCUT2D eigenvalue weighted by atomic mass is 9.92. The van der Waals surface area contributed by atoms with Crippen LogP contribution in [0.1, 0.15) is 0 Å². The highest BCUT2D eigenvalue weighted by molar-refractivity contribution is 6.19. The third kappa shape index (κ3) is 6.43. The first kappa shape index (κ1) is 39.0. The Morgan fingerprint density at radius 2 is 0.870 bits per heavy atom. The van der Waals surface area contributed by atoms with Gasteiger partial charge in [0.1, 0.15) is 22.3 Å². The minimum absolute atomic E-state index is 0.875. The summed E-state index contributed by atoms with van der Waals surface area (Å²) in [5.74, 6) is 0. The van der Waals surface area contributed by atoms with Crippen molar-refractivity contribution in [2.75, 3.05) is 4.90 Å². The zero-order valence-electron chi connectivity index (χ0n) is 37.4. The van der Waals surface area contributed by atoms with Crippen molar-refractivity contribution < 1.29 is 8.83 Å². The summed E-state index contributed by atoms with van der Waals surface area (Å²) in [5, 5.41) is 11.7. The zero-order valence-corrected chi connectivity index (χ0v) is 37.4. The number of hydrogen-bond acceptors (Lipinski definition) is 3. The Bertz CT molecular complexity index is 4310. The second-order valence-corrected chi connectivity index (χ2v) is 18.0. The normalized spacial score (nSPS) is 11.8. The van der Waals surface area contributed by atoms with E-state index in [1.807, 2.05) is 12.1 Å². The van der Waals surface area contributed by atoms with Crippen molar-refractivity contribution in [2.24, 2.45) is 0 Å². The summed E-state index contributed by atoms with van der Waals surface area (Å²) >= 11 is 0. The number of para-hydroxylation sites is 1. The van der Waals surface area contributed by atoms with E-state index in [0.29, 0.717) is 0 Å². The van der Waals surface area contributed by atoms with E-state index < -0.39 is 0 Å². The van der Waals surface area contributed by atoms with Crippen LogP contribution in [0.3, 0.4) is 0 Å². The van der Waals surface area contributed by atoms with Gasteiger partial charge in [-0.05, 0) is 127 Å². The molecule has 3 heteroatoms. The molecule has 0 atom stereocenters. The van der Waals surface area contributed by atoms with Crippen LogP contribution >= 0.6 is 0 Å². The van der Waals surface area contributed by atoms with Crippen molar-refractivity contribution in [1.29, 1.82) is 0 Å². The van der Waals surface area contributed by atoms with E-state index in [0.717, 1.165) is 111 Å². The smallest absolute Gasteiger partial charge is 0.143 e. The van der Waals surface area contributed by atoms with Gasteiger partial charge in [0.05, 0.1) is 5.69 Å². The number of rotatable bonds is 7. The van der Waals surface area contributed by atoms with Gasteiger partial charge in [-0.25, -0.2) is 0 Å². The molecule has 0 fully saturated rings. The van der Waals surface area contributed by atoms with E-state index in [4.69, 9.17) is 8.83 Å². The number of anilines is 3. The summed E-state index contributed by atoms with van der Waals surface area (Å²) in [7, 11) is 0. The monoisotopic (exact) mass is 879 g/mol. The number of furan rings is 2. The van der Waals surface area contributed by atoms with Gasteiger partial charge in [-0.2, -0.15) is 0 Å². The highest BCUT2D eigenvalue weighted by Crippen LogP contribution is 2.47. The summed E-state index contributed by atoms with van der Waals surface area (Å²) in [5.41, 5.74) is 15.8. The second-order valence-electron chi connectivity index (χ2n) is 18.0. The molecule has 0 N–H and O–H groups in total. The Morgan fingerprint density at radius 3 is 1.74 bits per heavy atom. The molecule has 0 radical (unpaired) electrons. The van der Waals surface area contributed by atoms with E-state index >= 15 is 0 Å². The third-order valence-corrected chi connectivity index (χ3v) is 14.1. The molecule has 12 aromatic carbocycles. The maximum Gasteiger partial charge on any atom is 0.143 e. The van der Waals surface area contributed by atoms with Gasteiger partial charge < -0.3 is 13.7 Å². The first-order valence-corrected chi connectivity index (χ1v) is 23.6. The number of nitrogens with zero attached hydrogens (tertiary/aromatic N) is 1. The Morgan fingerprint density at radius 1 is 0.261 bits per heavy atom. The molecule has 0 bridgehead atoms. The molecular weight excluding hydrogens is 839 g/mol. The Labute approximate surface area is 398 Å². The molecule has 14 rings (SSSR count). The zero-order chi connectivity index (χ0) is 45.4. The topological polar surface area (TPSA) is 29.5 Å². The van der Waals surface area contributed by atoms with Crippen LogP contribution in [-0.2, 0) is 0 Å². The summed E-state index contributed by atoms with van der Waals surface area (Å²) in [6.07, 6.45) is 0. The Kier molecular flexibility index (Phi) is 8.90. The van der Waals surface area contributed by atoms with Gasteiger partial charge in [0.2, 0.25) is 0 Å².